The minimum atomic E-state index is -4.18. The average Bonchev–Trinajstić information content (AvgIpc) is 2.96. The van der Waals surface area contributed by atoms with Gasteiger partial charge in [-0.2, -0.15) is 10.2 Å². The van der Waals surface area contributed by atoms with E-state index in [4.69, 9.17) is 14.2 Å². The largest absolute Gasteiger partial charge is 0.493 e. The van der Waals surface area contributed by atoms with Crippen molar-refractivity contribution in [3.05, 3.63) is 78.0 Å². The van der Waals surface area contributed by atoms with Crippen LogP contribution in [0.15, 0.2) is 71.6 Å². The fourth-order valence-corrected chi connectivity index (χ4v) is 4.71. The number of hydrogen-bond acceptors (Lipinski definition) is 10. The van der Waals surface area contributed by atoms with Crippen molar-refractivity contribution in [1.82, 2.24) is 15.0 Å². The molecule has 0 amide bonds. The number of ether oxygens (including phenoxy) is 3. The van der Waals surface area contributed by atoms with E-state index in [-0.39, 0.29) is 63.9 Å². The number of pyridine rings is 1. The highest BCUT2D eigenvalue weighted by atomic mass is 32.2. The topological polar surface area (TPSA) is 157 Å². The third kappa shape index (κ3) is 6.89. The lowest BCUT2D eigenvalue weighted by molar-refractivity contribution is 0.192. The fraction of sp³-hybridized carbons (Fsp3) is 0.241. The number of rotatable bonds is 10. The maximum absolute atomic E-state index is 13.6. The van der Waals surface area contributed by atoms with Gasteiger partial charge in [0.2, 0.25) is 5.75 Å². The van der Waals surface area contributed by atoms with Gasteiger partial charge in [-0.05, 0) is 47.4 Å². The number of benzene rings is 2. The van der Waals surface area contributed by atoms with E-state index in [2.05, 4.69) is 19.7 Å². The Morgan fingerprint density at radius 2 is 1.66 bits per heavy atom. The summed E-state index contributed by atoms with van der Waals surface area (Å²) in [5.41, 5.74) is 1.09. The van der Waals surface area contributed by atoms with Gasteiger partial charge in [0.05, 0.1) is 18.6 Å². The molecule has 0 saturated heterocycles. The van der Waals surface area contributed by atoms with Crippen LogP contribution < -0.4 is 18.9 Å². The standard InChI is InChI=1S/C29H29N5O6S/c1-29(2,3)19-12-14-21(15-13-19)41(36,37)34-27-25(40-24-11-6-5-10-23(24)38-4)28(39-17-16-35)33-26(32-27)22-9-7-8-20(18-30)31-22/h5-15,35H,16-17H2,1-4H3,(H,32,33,34). The fourth-order valence-electron chi connectivity index (χ4n) is 3.70. The van der Waals surface area contributed by atoms with E-state index in [1.165, 1.54) is 25.3 Å². The average molecular weight is 576 g/mol. The molecule has 2 aromatic carbocycles. The van der Waals surface area contributed by atoms with Gasteiger partial charge in [0.25, 0.3) is 15.9 Å². The van der Waals surface area contributed by atoms with Crippen LogP contribution in [0.4, 0.5) is 5.82 Å². The Balaban J connectivity index is 1.88. The van der Waals surface area contributed by atoms with E-state index >= 15 is 0 Å². The van der Waals surface area contributed by atoms with Crippen molar-refractivity contribution in [1.29, 1.82) is 5.26 Å². The van der Waals surface area contributed by atoms with Crippen LogP contribution in [0.3, 0.4) is 0 Å². The molecule has 0 aliphatic rings. The third-order valence-electron chi connectivity index (χ3n) is 5.80. The summed E-state index contributed by atoms with van der Waals surface area (Å²) in [5.74, 6) is -0.0292. The first-order chi connectivity index (χ1) is 19.6. The van der Waals surface area contributed by atoms with Gasteiger partial charge in [0.1, 0.15) is 24.1 Å². The zero-order valence-corrected chi connectivity index (χ0v) is 23.8. The van der Waals surface area contributed by atoms with Gasteiger partial charge in [-0.15, -0.1) is 0 Å². The number of methoxy groups -OCH3 is 1. The van der Waals surface area contributed by atoms with Gasteiger partial charge >= 0.3 is 0 Å². The van der Waals surface area contributed by atoms with E-state index < -0.39 is 10.0 Å². The van der Waals surface area contributed by atoms with Crippen molar-refractivity contribution < 1.29 is 27.7 Å². The number of nitriles is 1. The first kappa shape index (κ1) is 29.3. The monoisotopic (exact) mass is 575 g/mol. The molecule has 0 saturated carbocycles. The van der Waals surface area contributed by atoms with Crippen molar-refractivity contribution >= 4 is 15.8 Å². The predicted molar refractivity (Wildman–Crippen MR) is 152 cm³/mol. The zero-order chi connectivity index (χ0) is 29.6. The molecule has 0 fully saturated rings. The SMILES string of the molecule is COc1ccccc1Oc1c(NS(=O)(=O)c2ccc(C(C)(C)C)cc2)nc(-c2cccc(C#N)n2)nc1OCCO. The molecule has 0 spiro atoms. The summed E-state index contributed by atoms with van der Waals surface area (Å²) in [6.45, 7) is 5.56. The number of sulfonamides is 1. The van der Waals surface area contributed by atoms with Crippen LogP contribution in [-0.4, -0.2) is 48.8 Å². The lowest BCUT2D eigenvalue weighted by atomic mass is 9.87. The molecule has 0 aliphatic carbocycles. The Morgan fingerprint density at radius 1 is 0.951 bits per heavy atom. The molecule has 2 heterocycles. The van der Waals surface area contributed by atoms with E-state index in [1.807, 2.05) is 26.8 Å². The number of para-hydroxylation sites is 2. The number of anilines is 1. The molecule has 2 N–H and O–H groups in total. The molecule has 2 aromatic heterocycles. The summed E-state index contributed by atoms with van der Waals surface area (Å²) in [4.78, 5) is 13.0. The van der Waals surface area contributed by atoms with Crippen molar-refractivity contribution in [2.75, 3.05) is 25.0 Å². The van der Waals surface area contributed by atoms with E-state index in [9.17, 15) is 18.8 Å². The Hall–Kier alpha value is -4.73. The molecular formula is C29H29N5O6S. The summed E-state index contributed by atoms with van der Waals surface area (Å²) in [7, 11) is -2.72. The second kappa shape index (κ2) is 12.2. The van der Waals surface area contributed by atoms with Gasteiger partial charge in [-0.1, -0.05) is 51.1 Å². The van der Waals surface area contributed by atoms with E-state index in [0.29, 0.717) is 5.75 Å². The second-order valence-corrected chi connectivity index (χ2v) is 11.4. The lowest BCUT2D eigenvalue weighted by Gasteiger charge is -2.20. The normalized spacial score (nSPS) is 11.4. The summed E-state index contributed by atoms with van der Waals surface area (Å²) in [6, 6.07) is 19.9. The summed E-state index contributed by atoms with van der Waals surface area (Å²) in [5, 5.41) is 18.8. The quantitative estimate of drug-likeness (QED) is 0.272. The molecular weight excluding hydrogens is 546 g/mol. The molecule has 0 aliphatic heterocycles. The van der Waals surface area contributed by atoms with E-state index in [0.717, 1.165) is 5.56 Å². The van der Waals surface area contributed by atoms with Crippen LogP contribution in [0, 0.1) is 11.3 Å². The smallest absolute Gasteiger partial charge is 0.263 e. The Bertz CT molecular complexity index is 1680. The van der Waals surface area contributed by atoms with Crippen LogP contribution in [0.2, 0.25) is 0 Å². The Morgan fingerprint density at radius 3 is 2.29 bits per heavy atom. The van der Waals surface area contributed by atoms with Crippen molar-refractivity contribution in [2.45, 2.75) is 31.1 Å². The molecule has 11 nitrogen and oxygen atoms in total. The predicted octanol–water partition coefficient (Wildman–Crippen LogP) is 4.68. The summed E-state index contributed by atoms with van der Waals surface area (Å²) < 4.78 is 46.8. The van der Waals surface area contributed by atoms with E-state index in [1.54, 1.807) is 48.5 Å². The van der Waals surface area contributed by atoms with Crippen molar-refractivity contribution in [3.63, 3.8) is 0 Å². The van der Waals surface area contributed by atoms with Gasteiger partial charge in [-0.25, -0.2) is 18.4 Å². The van der Waals surface area contributed by atoms with Crippen LogP contribution in [-0.2, 0) is 15.4 Å². The maximum atomic E-state index is 13.6. The molecule has 0 atom stereocenters. The Labute approximate surface area is 238 Å². The molecule has 0 unspecified atom stereocenters. The Kier molecular flexibility index (Phi) is 8.71. The van der Waals surface area contributed by atoms with Crippen LogP contribution in [0.5, 0.6) is 23.1 Å². The number of hydrogen-bond donors (Lipinski definition) is 2. The van der Waals surface area contributed by atoms with Crippen LogP contribution in [0.25, 0.3) is 11.5 Å². The minimum absolute atomic E-state index is 0.00340. The highest BCUT2D eigenvalue weighted by Gasteiger charge is 2.26. The van der Waals surface area contributed by atoms with Crippen LogP contribution >= 0.6 is 0 Å². The number of nitrogens with one attached hydrogen (secondary N) is 1. The number of aliphatic hydroxyl groups excluding tert-OH is 1. The molecule has 4 aromatic rings. The third-order valence-corrected chi connectivity index (χ3v) is 7.15. The van der Waals surface area contributed by atoms with Gasteiger partial charge in [-0.3, -0.25) is 4.72 Å². The number of aliphatic hydroxyl groups is 1. The zero-order valence-electron chi connectivity index (χ0n) is 23.0. The molecule has 0 radical (unpaired) electrons. The highest BCUT2D eigenvalue weighted by Crippen LogP contribution is 2.41. The van der Waals surface area contributed by atoms with Crippen LogP contribution in [0.1, 0.15) is 32.0 Å². The molecule has 4 rings (SSSR count). The van der Waals surface area contributed by atoms with Gasteiger partial charge in [0, 0.05) is 0 Å². The summed E-state index contributed by atoms with van der Waals surface area (Å²) in [6.07, 6.45) is 0. The first-order valence-electron chi connectivity index (χ1n) is 12.5. The molecule has 212 valence electrons. The second-order valence-electron chi connectivity index (χ2n) is 9.75. The summed E-state index contributed by atoms with van der Waals surface area (Å²) >= 11 is 0. The molecule has 41 heavy (non-hydrogen) atoms. The first-order valence-corrected chi connectivity index (χ1v) is 14.0. The van der Waals surface area contributed by atoms with Crippen molar-refractivity contribution in [3.8, 4) is 40.7 Å². The maximum Gasteiger partial charge on any atom is 0.263 e. The van der Waals surface area contributed by atoms with Crippen molar-refractivity contribution in [2.24, 2.45) is 0 Å². The minimum Gasteiger partial charge on any atom is -0.493 e. The lowest BCUT2D eigenvalue weighted by Crippen LogP contribution is -2.17. The number of nitrogens with zero attached hydrogens (tertiary/aromatic N) is 4. The van der Waals surface area contributed by atoms with Gasteiger partial charge in [0.15, 0.2) is 23.1 Å². The highest BCUT2D eigenvalue weighted by molar-refractivity contribution is 7.92. The number of aromatic nitrogens is 3. The van der Waals surface area contributed by atoms with Gasteiger partial charge < -0.3 is 19.3 Å². The molecule has 12 heteroatoms. The molecule has 0 bridgehead atoms.